The van der Waals surface area contributed by atoms with Crippen LogP contribution in [0.25, 0.3) is 0 Å². The maximum atomic E-state index is 13.6. The first-order valence-corrected chi connectivity index (χ1v) is 5.28. The summed E-state index contributed by atoms with van der Waals surface area (Å²) in [4.78, 5) is 0. The zero-order chi connectivity index (χ0) is 12.5. The molecule has 1 unspecified atom stereocenters. The Kier molecular flexibility index (Phi) is 2.86. The molecule has 0 bridgehead atoms. The van der Waals surface area contributed by atoms with E-state index in [4.69, 9.17) is 0 Å². The zero-order valence-corrected chi connectivity index (χ0v) is 9.39. The largest absolute Gasteiger partial charge is 0.508 e. The van der Waals surface area contributed by atoms with Crippen molar-refractivity contribution in [1.29, 1.82) is 0 Å². The lowest BCUT2D eigenvalue weighted by atomic mass is 9.88. The highest BCUT2D eigenvalue weighted by atomic mass is 19.1. The van der Waals surface area contributed by atoms with Crippen LogP contribution >= 0.6 is 0 Å². The summed E-state index contributed by atoms with van der Waals surface area (Å²) in [5.41, 5.74) is -0.676. The second kappa shape index (κ2) is 4.18. The number of phenols is 1. The van der Waals surface area contributed by atoms with E-state index in [1.807, 2.05) is 0 Å². The summed E-state index contributed by atoms with van der Waals surface area (Å²) in [6, 6.07) is 12.2. The van der Waals surface area contributed by atoms with Gasteiger partial charge in [0, 0.05) is 5.56 Å². The number of hydrogen-bond donors (Lipinski definition) is 2. The summed E-state index contributed by atoms with van der Waals surface area (Å²) >= 11 is 0. The van der Waals surface area contributed by atoms with E-state index in [2.05, 4.69) is 0 Å². The highest BCUT2D eigenvalue weighted by Crippen LogP contribution is 2.31. The first-order valence-electron chi connectivity index (χ1n) is 5.28. The Morgan fingerprint density at radius 2 is 1.59 bits per heavy atom. The molecule has 0 aliphatic rings. The SMILES string of the molecule is CC(O)(c1ccc(O)cc1)c1ccccc1F. The highest BCUT2D eigenvalue weighted by molar-refractivity contribution is 5.38. The van der Waals surface area contributed by atoms with E-state index in [0.29, 0.717) is 5.56 Å². The van der Waals surface area contributed by atoms with Crippen molar-refractivity contribution in [1.82, 2.24) is 0 Å². The molecular formula is C14H13FO2. The Hall–Kier alpha value is -1.87. The van der Waals surface area contributed by atoms with Gasteiger partial charge >= 0.3 is 0 Å². The van der Waals surface area contributed by atoms with Crippen molar-refractivity contribution in [2.24, 2.45) is 0 Å². The van der Waals surface area contributed by atoms with Crippen LogP contribution in [-0.2, 0) is 5.60 Å². The van der Waals surface area contributed by atoms with Crippen molar-refractivity contribution in [3.63, 3.8) is 0 Å². The molecule has 2 nitrogen and oxygen atoms in total. The molecule has 0 heterocycles. The van der Waals surface area contributed by atoms with E-state index < -0.39 is 11.4 Å². The second-order valence-electron chi connectivity index (χ2n) is 4.10. The molecule has 0 aromatic heterocycles. The van der Waals surface area contributed by atoms with Gasteiger partial charge in [-0.3, -0.25) is 0 Å². The number of hydrogen-bond acceptors (Lipinski definition) is 2. The van der Waals surface area contributed by atoms with E-state index in [-0.39, 0.29) is 11.3 Å². The van der Waals surface area contributed by atoms with Crippen LogP contribution in [-0.4, -0.2) is 10.2 Å². The molecule has 0 saturated heterocycles. The van der Waals surface area contributed by atoms with Crippen LogP contribution < -0.4 is 0 Å². The summed E-state index contributed by atoms with van der Waals surface area (Å²) in [6.07, 6.45) is 0. The number of phenolic OH excluding ortho intramolecular Hbond substituents is 1. The molecule has 2 aromatic carbocycles. The first kappa shape index (κ1) is 11.6. The zero-order valence-electron chi connectivity index (χ0n) is 9.39. The van der Waals surface area contributed by atoms with Crippen molar-refractivity contribution in [3.05, 3.63) is 65.5 Å². The van der Waals surface area contributed by atoms with Crippen LogP contribution in [0.1, 0.15) is 18.1 Å². The Bertz CT molecular complexity index is 518. The smallest absolute Gasteiger partial charge is 0.129 e. The van der Waals surface area contributed by atoms with Crippen molar-refractivity contribution in [2.45, 2.75) is 12.5 Å². The van der Waals surface area contributed by atoms with Gasteiger partial charge in [0.2, 0.25) is 0 Å². The summed E-state index contributed by atoms with van der Waals surface area (Å²) < 4.78 is 13.6. The molecule has 0 radical (unpaired) electrons. The van der Waals surface area contributed by atoms with E-state index in [0.717, 1.165) is 0 Å². The lowest BCUT2D eigenvalue weighted by Gasteiger charge is -2.24. The molecule has 0 fully saturated rings. The van der Waals surface area contributed by atoms with Crippen LogP contribution in [0.2, 0.25) is 0 Å². The number of benzene rings is 2. The molecule has 0 spiro atoms. The molecule has 88 valence electrons. The third kappa shape index (κ3) is 2.15. The number of halogens is 1. The van der Waals surface area contributed by atoms with Crippen LogP contribution in [0, 0.1) is 5.82 Å². The van der Waals surface area contributed by atoms with E-state index >= 15 is 0 Å². The normalized spacial score (nSPS) is 14.3. The highest BCUT2D eigenvalue weighted by Gasteiger charge is 2.28. The minimum atomic E-state index is -1.42. The quantitative estimate of drug-likeness (QED) is 0.835. The van der Waals surface area contributed by atoms with Gasteiger partial charge in [-0.1, -0.05) is 30.3 Å². The fraction of sp³-hybridized carbons (Fsp3) is 0.143. The van der Waals surface area contributed by atoms with E-state index in [1.165, 1.54) is 25.1 Å². The third-order valence-corrected chi connectivity index (χ3v) is 2.83. The molecule has 0 aliphatic heterocycles. The molecule has 0 aliphatic carbocycles. The molecule has 0 amide bonds. The molecule has 2 N–H and O–H groups in total. The number of aliphatic hydroxyl groups is 1. The van der Waals surface area contributed by atoms with Gasteiger partial charge in [0.15, 0.2) is 0 Å². The van der Waals surface area contributed by atoms with Gasteiger partial charge in [0.1, 0.15) is 17.2 Å². The Labute approximate surface area is 99.0 Å². The molecule has 2 rings (SSSR count). The summed E-state index contributed by atoms with van der Waals surface area (Å²) in [7, 11) is 0. The van der Waals surface area contributed by atoms with Crippen LogP contribution in [0.3, 0.4) is 0 Å². The third-order valence-electron chi connectivity index (χ3n) is 2.83. The van der Waals surface area contributed by atoms with E-state index in [9.17, 15) is 14.6 Å². The van der Waals surface area contributed by atoms with Crippen molar-refractivity contribution in [3.8, 4) is 5.75 Å². The van der Waals surface area contributed by atoms with Crippen molar-refractivity contribution >= 4 is 0 Å². The van der Waals surface area contributed by atoms with Crippen LogP contribution in [0.4, 0.5) is 4.39 Å². The molecule has 3 heteroatoms. The second-order valence-corrected chi connectivity index (χ2v) is 4.10. The molecule has 0 saturated carbocycles. The minimum Gasteiger partial charge on any atom is -0.508 e. The van der Waals surface area contributed by atoms with Gasteiger partial charge in [0.25, 0.3) is 0 Å². The monoisotopic (exact) mass is 232 g/mol. The fourth-order valence-electron chi connectivity index (χ4n) is 1.80. The topological polar surface area (TPSA) is 40.5 Å². The Morgan fingerprint density at radius 3 is 2.18 bits per heavy atom. The number of aromatic hydroxyl groups is 1. The number of rotatable bonds is 2. The molecule has 17 heavy (non-hydrogen) atoms. The van der Waals surface area contributed by atoms with Crippen molar-refractivity contribution in [2.75, 3.05) is 0 Å². The summed E-state index contributed by atoms with van der Waals surface area (Å²) in [5, 5.41) is 19.6. The van der Waals surface area contributed by atoms with Gasteiger partial charge in [-0.15, -0.1) is 0 Å². The maximum Gasteiger partial charge on any atom is 0.129 e. The minimum absolute atomic E-state index is 0.109. The maximum absolute atomic E-state index is 13.6. The predicted octanol–water partition coefficient (Wildman–Crippen LogP) is 2.79. The molecule has 1 atom stereocenters. The van der Waals surface area contributed by atoms with Crippen LogP contribution in [0.5, 0.6) is 5.75 Å². The lowest BCUT2D eigenvalue weighted by Crippen LogP contribution is -2.24. The average Bonchev–Trinajstić information content (AvgIpc) is 2.30. The first-order chi connectivity index (χ1) is 8.01. The van der Waals surface area contributed by atoms with Crippen molar-refractivity contribution < 1.29 is 14.6 Å². The van der Waals surface area contributed by atoms with Gasteiger partial charge in [-0.25, -0.2) is 4.39 Å². The molecule has 2 aromatic rings. The predicted molar refractivity (Wildman–Crippen MR) is 63.2 cm³/mol. The van der Waals surface area contributed by atoms with Gasteiger partial charge < -0.3 is 10.2 Å². The fourth-order valence-corrected chi connectivity index (χ4v) is 1.80. The van der Waals surface area contributed by atoms with Gasteiger partial charge in [-0.05, 0) is 30.7 Å². The summed E-state index contributed by atoms with van der Waals surface area (Å²) in [5.74, 6) is -0.344. The summed E-state index contributed by atoms with van der Waals surface area (Å²) in [6.45, 7) is 1.53. The average molecular weight is 232 g/mol. The van der Waals surface area contributed by atoms with Crippen LogP contribution in [0.15, 0.2) is 48.5 Å². The van der Waals surface area contributed by atoms with Gasteiger partial charge in [0.05, 0.1) is 0 Å². The van der Waals surface area contributed by atoms with E-state index in [1.54, 1.807) is 30.3 Å². The standard InChI is InChI=1S/C14H13FO2/c1-14(17,10-6-8-11(16)9-7-10)12-4-2-3-5-13(12)15/h2-9,16-17H,1H3. The molecular weight excluding hydrogens is 219 g/mol. The Morgan fingerprint density at radius 1 is 1.00 bits per heavy atom. The Balaban J connectivity index is 2.49. The lowest BCUT2D eigenvalue weighted by molar-refractivity contribution is 0.0979. The van der Waals surface area contributed by atoms with Gasteiger partial charge in [-0.2, -0.15) is 0 Å².